The molecule has 122 valence electrons. The minimum atomic E-state index is -0.477. The lowest BCUT2D eigenvalue weighted by Crippen LogP contribution is -2.03. The Balaban J connectivity index is 2.02. The number of nitrogens with zero attached hydrogens (tertiary/aromatic N) is 2. The summed E-state index contributed by atoms with van der Waals surface area (Å²) in [6.07, 6.45) is 7.64. The van der Waals surface area contributed by atoms with E-state index in [1.54, 1.807) is 6.07 Å². The summed E-state index contributed by atoms with van der Waals surface area (Å²) in [6.45, 7) is 2.26. The Morgan fingerprint density at radius 3 is 2.83 bits per heavy atom. The first-order valence-corrected chi connectivity index (χ1v) is 8.37. The molecule has 23 heavy (non-hydrogen) atoms. The molecule has 0 saturated carbocycles. The third-order valence-corrected chi connectivity index (χ3v) is 4.58. The van der Waals surface area contributed by atoms with E-state index < -0.39 is 5.82 Å². The van der Waals surface area contributed by atoms with E-state index in [2.05, 4.69) is 5.10 Å². The summed E-state index contributed by atoms with van der Waals surface area (Å²) in [4.78, 5) is 0. The summed E-state index contributed by atoms with van der Waals surface area (Å²) >= 11 is 12.5. The van der Waals surface area contributed by atoms with Gasteiger partial charge >= 0.3 is 0 Å². The van der Waals surface area contributed by atoms with Gasteiger partial charge in [-0.1, -0.05) is 35.4 Å². The Bertz CT molecular complexity index is 756. The van der Waals surface area contributed by atoms with Gasteiger partial charge in [-0.15, -0.1) is 0 Å². The first-order valence-electron chi connectivity index (χ1n) is 7.61. The summed E-state index contributed by atoms with van der Waals surface area (Å²) in [6, 6.07) is 2.78. The molecule has 0 saturated heterocycles. The quantitative estimate of drug-likeness (QED) is 0.709. The molecule has 1 aromatic carbocycles. The predicted octanol–water partition coefficient (Wildman–Crippen LogP) is 5.15. The van der Waals surface area contributed by atoms with E-state index in [1.165, 1.54) is 10.7 Å². The Labute approximate surface area is 144 Å². The summed E-state index contributed by atoms with van der Waals surface area (Å²) in [5.41, 5.74) is 2.22. The molecule has 6 heteroatoms. The monoisotopic (exact) mass is 354 g/mol. The van der Waals surface area contributed by atoms with Crippen LogP contribution in [0.3, 0.4) is 0 Å². The molecule has 0 amide bonds. The summed E-state index contributed by atoms with van der Waals surface area (Å²) < 4.78 is 21.4. The van der Waals surface area contributed by atoms with Gasteiger partial charge in [0.15, 0.2) is 5.82 Å². The van der Waals surface area contributed by atoms with Crippen molar-refractivity contribution in [3.05, 3.63) is 51.5 Å². The highest BCUT2D eigenvalue weighted by atomic mass is 35.5. The van der Waals surface area contributed by atoms with Crippen LogP contribution in [0.2, 0.25) is 10.2 Å². The average molecular weight is 355 g/mol. The van der Waals surface area contributed by atoms with Crippen molar-refractivity contribution in [3.8, 4) is 11.4 Å². The zero-order chi connectivity index (χ0) is 16.4. The van der Waals surface area contributed by atoms with Gasteiger partial charge < -0.3 is 4.74 Å². The molecular formula is C17H17Cl2FN2O. The van der Waals surface area contributed by atoms with Crippen LogP contribution in [0.4, 0.5) is 4.39 Å². The van der Waals surface area contributed by atoms with Crippen LogP contribution in [0.25, 0.3) is 5.69 Å². The number of hydrogen-bond acceptors (Lipinski definition) is 2. The fourth-order valence-corrected chi connectivity index (χ4v) is 3.24. The van der Waals surface area contributed by atoms with Gasteiger partial charge in [-0.25, -0.2) is 9.07 Å². The lowest BCUT2D eigenvalue weighted by atomic mass is 9.99. The van der Waals surface area contributed by atoms with E-state index in [9.17, 15) is 4.39 Å². The third-order valence-electron chi connectivity index (χ3n) is 3.89. The fourth-order valence-electron chi connectivity index (χ4n) is 2.70. The molecule has 1 aliphatic rings. The number of aryl methyl sites for hydroxylation is 1. The summed E-state index contributed by atoms with van der Waals surface area (Å²) in [5, 5.41) is 5.18. The molecule has 0 unspecified atom stereocenters. The highest BCUT2D eigenvalue weighted by Gasteiger charge is 2.22. The normalized spacial score (nSPS) is 14.3. The van der Waals surface area contributed by atoms with Gasteiger partial charge in [0.1, 0.15) is 23.2 Å². The molecule has 1 heterocycles. The predicted molar refractivity (Wildman–Crippen MR) is 90.5 cm³/mol. The van der Waals surface area contributed by atoms with E-state index >= 15 is 0 Å². The Hall–Kier alpha value is -1.52. The Morgan fingerprint density at radius 1 is 1.30 bits per heavy atom. The van der Waals surface area contributed by atoms with Crippen molar-refractivity contribution in [3.63, 3.8) is 0 Å². The van der Waals surface area contributed by atoms with Crippen LogP contribution in [0.1, 0.15) is 31.0 Å². The summed E-state index contributed by atoms with van der Waals surface area (Å²) in [7, 11) is 0. The minimum Gasteiger partial charge on any atom is -0.488 e. The maximum Gasteiger partial charge on any atom is 0.150 e. The molecule has 0 spiro atoms. The molecule has 0 aliphatic heterocycles. The smallest absolute Gasteiger partial charge is 0.150 e. The number of halogens is 3. The van der Waals surface area contributed by atoms with Gasteiger partial charge in [-0.2, -0.15) is 5.10 Å². The van der Waals surface area contributed by atoms with Crippen molar-refractivity contribution in [1.29, 1.82) is 0 Å². The second-order valence-electron chi connectivity index (χ2n) is 5.45. The van der Waals surface area contributed by atoms with Gasteiger partial charge in [-0.05, 0) is 38.7 Å². The first-order chi connectivity index (χ1) is 11.1. The van der Waals surface area contributed by atoms with Crippen molar-refractivity contribution < 1.29 is 9.13 Å². The number of allylic oxidation sites excluding steroid dienone is 1. The standard InChI is InChI=1S/C17H17Cl2FN2O/c1-2-3-8-23-16-10-15(13(20)9-12(16)18)22-17(19)11-6-4-5-7-14(11)21-22/h2-3,9-10H,4-8H2,1H3/b3-2+. The highest BCUT2D eigenvalue weighted by molar-refractivity contribution is 6.32. The Kier molecular flexibility index (Phi) is 4.93. The van der Waals surface area contributed by atoms with Crippen molar-refractivity contribution in [1.82, 2.24) is 9.78 Å². The second kappa shape index (κ2) is 6.93. The molecular weight excluding hydrogens is 338 g/mol. The maximum absolute atomic E-state index is 14.4. The SMILES string of the molecule is C/C=C/COc1cc(-n2nc3c(c2Cl)CCCC3)c(F)cc1Cl. The van der Waals surface area contributed by atoms with Gasteiger partial charge in [0.25, 0.3) is 0 Å². The number of aromatic nitrogens is 2. The number of hydrogen-bond donors (Lipinski definition) is 0. The lowest BCUT2D eigenvalue weighted by molar-refractivity contribution is 0.362. The van der Waals surface area contributed by atoms with Gasteiger partial charge in [0, 0.05) is 11.6 Å². The van der Waals surface area contributed by atoms with Crippen molar-refractivity contribution in [2.24, 2.45) is 0 Å². The third kappa shape index (κ3) is 3.24. The lowest BCUT2D eigenvalue weighted by Gasteiger charge is -2.11. The minimum absolute atomic E-state index is 0.226. The molecule has 0 bridgehead atoms. The van der Waals surface area contributed by atoms with Gasteiger partial charge in [-0.3, -0.25) is 0 Å². The number of ether oxygens (including phenoxy) is 1. The van der Waals surface area contributed by atoms with E-state index in [4.69, 9.17) is 27.9 Å². The van der Waals surface area contributed by atoms with Crippen molar-refractivity contribution >= 4 is 23.2 Å². The van der Waals surface area contributed by atoms with Crippen LogP contribution in [0.15, 0.2) is 24.3 Å². The number of benzene rings is 1. The zero-order valence-electron chi connectivity index (χ0n) is 12.8. The number of fused-ring (bicyclic) bond motifs is 1. The van der Waals surface area contributed by atoms with E-state index in [0.717, 1.165) is 36.9 Å². The topological polar surface area (TPSA) is 27.1 Å². The molecule has 0 atom stereocenters. The molecule has 3 nitrogen and oxygen atoms in total. The molecule has 2 aromatic rings. The van der Waals surface area contributed by atoms with Gasteiger partial charge in [0.2, 0.25) is 0 Å². The zero-order valence-corrected chi connectivity index (χ0v) is 14.3. The molecule has 1 aliphatic carbocycles. The molecule has 3 rings (SSSR count). The van der Waals surface area contributed by atoms with E-state index in [0.29, 0.717) is 17.5 Å². The fraction of sp³-hybridized carbons (Fsp3) is 0.353. The molecule has 0 fully saturated rings. The van der Waals surface area contributed by atoms with Crippen LogP contribution in [-0.2, 0) is 12.8 Å². The van der Waals surface area contributed by atoms with E-state index in [1.807, 2.05) is 19.1 Å². The van der Waals surface area contributed by atoms with Crippen LogP contribution >= 0.6 is 23.2 Å². The van der Waals surface area contributed by atoms with Crippen LogP contribution in [-0.4, -0.2) is 16.4 Å². The molecule has 0 N–H and O–H groups in total. The highest BCUT2D eigenvalue weighted by Crippen LogP contribution is 2.34. The van der Waals surface area contributed by atoms with Crippen LogP contribution in [0.5, 0.6) is 5.75 Å². The number of rotatable bonds is 4. The Morgan fingerprint density at radius 2 is 2.09 bits per heavy atom. The largest absolute Gasteiger partial charge is 0.488 e. The van der Waals surface area contributed by atoms with Crippen molar-refractivity contribution in [2.75, 3.05) is 6.61 Å². The second-order valence-corrected chi connectivity index (χ2v) is 6.21. The molecule has 0 radical (unpaired) electrons. The maximum atomic E-state index is 14.4. The van der Waals surface area contributed by atoms with E-state index in [-0.39, 0.29) is 10.7 Å². The van der Waals surface area contributed by atoms with Crippen LogP contribution in [0, 0.1) is 5.82 Å². The average Bonchev–Trinajstić information content (AvgIpc) is 2.87. The van der Waals surface area contributed by atoms with Crippen molar-refractivity contribution in [2.45, 2.75) is 32.6 Å². The summed E-state index contributed by atoms with van der Waals surface area (Å²) in [5.74, 6) is -0.0687. The molecule has 1 aromatic heterocycles. The van der Waals surface area contributed by atoms with Crippen LogP contribution < -0.4 is 4.74 Å². The van der Waals surface area contributed by atoms with Gasteiger partial charge in [0.05, 0.1) is 10.7 Å². The first kappa shape index (κ1) is 16.3.